The third kappa shape index (κ3) is 4.85. The number of methoxy groups -OCH3 is 1. The lowest BCUT2D eigenvalue weighted by Crippen LogP contribution is -2.19. The highest BCUT2D eigenvalue weighted by atomic mass is 16.5. The van der Waals surface area contributed by atoms with Crippen LogP contribution in [0.25, 0.3) is 0 Å². The molecule has 0 bridgehead atoms. The van der Waals surface area contributed by atoms with Crippen LogP contribution in [0.1, 0.15) is 11.3 Å². The Morgan fingerprint density at radius 3 is 2.84 bits per heavy atom. The van der Waals surface area contributed by atoms with Gasteiger partial charge in [0.2, 0.25) is 0 Å². The van der Waals surface area contributed by atoms with Gasteiger partial charge in [-0.1, -0.05) is 30.3 Å². The van der Waals surface area contributed by atoms with Crippen LogP contribution in [0.4, 0.5) is 0 Å². The zero-order valence-electron chi connectivity index (χ0n) is 11.4. The van der Waals surface area contributed by atoms with Crippen LogP contribution in [0.5, 0.6) is 0 Å². The Kier molecular flexibility index (Phi) is 5.59. The molecule has 0 aliphatic carbocycles. The summed E-state index contributed by atoms with van der Waals surface area (Å²) in [6.07, 6.45) is 3.05. The van der Waals surface area contributed by atoms with Crippen LogP contribution in [0.3, 0.4) is 0 Å². The second kappa shape index (κ2) is 7.71. The molecule has 0 amide bonds. The molecule has 1 aromatic carbocycles. The number of rotatable bonds is 8. The first-order valence-corrected chi connectivity index (χ1v) is 6.64. The van der Waals surface area contributed by atoms with E-state index >= 15 is 0 Å². The Morgan fingerprint density at radius 1 is 1.21 bits per heavy atom. The van der Waals surface area contributed by atoms with Crippen molar-refractivity contribution in [2.45, 2.75) is 19.5 Å². The predicted octanol–water partition coefficient (Wildman–Crippen LogP) is 1.86. The molecule has 2 rings (SSSR count). The third-order valence-corrected chi connectivity index (χ3v) is 2.96. The lowest BCUT2D eigenvalue weighted by Gasteiger charge is -2.03. The quantitative estimate of drug-likeness (QED) is 0.736. The first-order valence-electron chi connectivity index (χ1n) is 6.64. The molecule has 0 saturated heterocycles. The fourth-order valence-electron chi connectivity index (χ4n) is 1.90. The van der Waals surface area contributed by atoms with Gasteiger partial charge in [-0.15, -0.1) is 0 Å². The predicted molar refractivity (Wildman–Crippen MR) is 76.0 cm³/mol. The Morgan fingerprint density at radius 2 is 2.05 bits per heavy atom. The van der Waals surface area contributed by atoms with Crippen molar-refractivity contribution in [2.24, 2.45) is 0 Å². The number of benzene rings is 1. The van der Waals surface area contributed by atoms with E-state index in [1.807, 2.05) is 16.9 Å². The molecule has 0 unspecified atom stereocenters. The van der Waals surface area contributed by atoms with Crippen LogP contribution in [-0.2, 0) is 24.2 Å². The second-order valence-electron chi connectivity index (χ2n) is 4.48. The van der Waals surface area contributed by atoms with Gasteiger partial charge in [0.05, 0.1) is 12.3 Å². The molecule has 1 N–H and O–H groups in total. The summed E-state index contributed by atoms with van der Waals surface area (Å²) in [4.78, 5) is 0. The summed E-state index contributed by atoms with van der Waals surface area (Å²) in [6.45, 7) is 3.30. The van der Waals surface area contributed by atoms with E-state index in [1.165, 1.54) is 5.56 Å². The summed E-state index contributed by atoms with van der Waals surface area (Å²) < 4.78 is 6.98. The van der Waals surface area contributed by atoms with E-state index in [0.29, 0.717) is 0 Å². The molecule has 1 heterocycles. The number of aromatic nitrogens is 2. The van der Waals surface area contributed by atoms with Crippen molar-refractivity contribution in [3.05, 3.63) is 53.9 Å². The van der Waals surface area contributed by atoms with E-state index in [0.717, 1.165) is 38.4 Å². The van der Waals surface area contributed by atoms with Gasteiger partial charge in [0.25, 0.3) is 0 Å². The molecule has 0 atom stereocenters. The van der Waals surface area contributed by atoms with Gasteiger partial charge in [-0.05, 0) is 18.1 Å². The molecule has 4 nitrogen and oxygen atoms in total. The average Bonchev–Trinajstić information content (AvgIpc) is 2.91. The maximum absolute atomic E-state index is 4.98. The van der Waals surface area contributed by atoms with Gasteiger partial charge < -0.3 is 10.1 Å². The van der Waals surface area contributed by atoms with Crippen LogP contribution in [-0.4, -0.2) is 30.0 Å². The summed E-state index contributed by atoms with van der Waals surface area (Å²) in [5.41, 5.74) is 2.42. The van der Waals surface area contributed by atoms with Crippen molar-refractivity contribution in [1.82, 2.24) is 15.1 Å². The third-order valence-electron chi connectivity index (χ3n) is 2.96. The highest BCUT2D eigenvalue weighted by Crippen LogP contribution is 2.02. The summed E-state index contributed by atoms with van der Waals surface area (Å²) >= 11 is 0. The van der Waals surface area contributed by atoms with Crippen LogP contribution in [0, 0.1) is 0 Å². The summed E-state index contributed by atoms with van der Waals surface area (Å²) in [5.74, 6) is 0. The van der Waals surface area contributed by atoms with E-state index in [1.54, 1.807) is 7.11 Å². The largest absolute Gasteiger partial charge is 0.383 e. The van der Waals surface area contributed by atoms with Crippen molar-refractivity contribution >= 4 is 0 Å². The minimum Gasteiger partial charge on any atom is -0.383 e. The van der Waals surface area contributed by atoms with Crippen LogP contribution in [0.15, 0.2) is 42.6 Å². The highest BCUT2D eigenvalue weighted by Gasteiger charge is 1.99. The molecule has 0 saturated carbocycles. The summed E-state index contributed by atoms with van der Waals surface area (Å²) in [5, 5.41) is 7.83. The Labute approximate surface area is 114 Å². The zero-order valence-corrected chi connectivity index (χ0v) is 11.4. The van der Waals surface area contributed by atoms with Gasteiger partial charge >= 0.3 is 0 Å². The van der Waals surface area contributed by atoms with Gasteiger partial charge in [0.1, 0.15) is 0 Å². The fraction of sp³-hybridized carbons (Fsp3) is 0.400. The summed E-state index contributed by atoms with van der Waals surface area (Å²) in [7, 11) is 1.71. The molecule has 0 aliphatic heterocycles. The highest BCUT2D eigenvalue weighted by molar-refractivity contribution is 5.14. The molecule has 0 fully saturated rings. The summed E-state index contributed by atoms with van der Waals surface area (Å²) in [6, 6.07) is 12.5. The minimum atomic E-state index is 0.731. The van der Waals surface area contributed by atoms with Crippen molar-refractivity contribution in [2.75, 3.05) is 20.3 Å². The standard InChI is InChI=1S/C15H21N3O/c1-19-12-9-16-13-15-8-11-18(17-15)10-7-14-5-3-2-4-6-14/h2-6,8,11,16H,7,9-10,12-13H2,1H3. The molecule has 1 aromatic heterocycles. The number of hydrogen-bond donors (Lipinski definition) is 1. The van der Waals surface area contributed by atoms with E-state index in [9.17, 15) is 0 Å². The number of hydrogen-bond acceptors (Lipinski definition) is 3. The van der Waals surface area contributed by atoms with Crippen LogP contribution >= 0.6 is 0 Å². The first kappa shape index (κ1) is 13.8. The van der Waals surface area contributed by atoms with Crippen molar-refractivity contribution in [3.8, 4) is 0 Å². The first-order chi connectivity index (χ1) is 9.38. The maximum Gasteiger partial charge on any atom is 0.0762 e. The van der Waals surface area contributed by atoms with E-state index in [4.69, 9.17) is 4.74 Å². The van der Waals surface area contributed by atoms with Gasteiger partial charge in [-0.25, -0.2) is 0 Å². The molecule has 19 heavy (non-hydrogen) atoms. The Bertz CT molecular complexity index is 467. The maximum atomic E-state index is 4.98. The van der Waals surface area contributed by atoms with Crippen molar-refractivity contribution < 1.29 is 4.74 Å². The fourth-order valence-corrected chi connectivity index (χ4v) is 1.90. The molecule has 102 valence electrons. The van der Waals surface area contributed by atoms with Crippen molar-refractivity contribution in [3.63, 3.8) is 0 Å². The Balaban J connectivity index is 1.74. The number of nitrogens with one attached hydrogen (secondary N) is 1. The molecule has 0 spiro atoms. The lowest BCUT2D eigenvalue weighted by atomic mass is 10.2. The molecular formula is C15H21N3O. The monoisotopic (exact) mass is 259 g/mol. The van der Waals surface area contributed by atoms with Crippen LogP contribution < -0.4 is 5.32 Å². The number of nitrogens with zero attached hydrogens (tertiary/aromatic N) is 2. The van der Waals surface area contributed by atoms with Crippen molar-refractivity contribution in [1.29, 1.82) is 0 Å². The lowest BCUT2D eigenvalue weighted by molar-refractivity contribution is 0.199. The normalized spacial score (nSPS) is 10.8. The SMILES string of the molecule is COCCNCc1ccn(CCc2ccccc2)n1. The molecule has 4 heteroatoms. The van der Waals surface area contributed by atoms with Gasteiger partial charge in [-0.2, -0.15) is 5.10 Å². The number of ether oxygens (including phenoxy) is 1. The smallest absolute Gasteiger partial charge is 0.0762 e. The van der Waals surface area contributed by atoms with Gasteiger partial charge in [0.15, 0.2) is 0 Å². The average molecular weight is 259 g/mol. The Hall–Kier alpha value is -1.65. The molecule has 0 radical (unpaired) electrons. The van der Waals surface area contributed by atoms with Gasteiger partial charge in [-0.3, -0.25) is 4.68 Å². The topological polar surface area (TPSA) is 39.1 Å². The van der Waals surface area contributed by atoms with Gasteiger partial charge in [0, 0.05) is 32.9 Å². The van der Waals surface area contributed by atoms with E-state index < -0.39 is 0 Å². The minimum absolute atomic E-state index is 0.731. The van der Waals surface area contributed by atoms with E-state index in [2.05, 4.69) is 40.7 Å². The molecule has 0 aliphatic rings. The molecular weight excluding hydrogens is 238 g/mol. The number of aryl methyl sites for hydroxylation is 2. The van der Waals surface area contributed by atoms with Crippen LogP contribution in [0.2, 0.25) is 0 Å². The zero-order chi connectivity index (χ0) is 13.3. The molecule has 2 aromatic rings. The van der Waals surface area contributed by atoms with E-state index in [-0.39, 0.29) is 0 Å². The second-order valence-corrected chi connectivity index (χ2v) is 4.48.